The van der Waals surface area contributed by atoms with Crippen LogP contribution in [0.1, 0.15) is 45.3 Å². The van der Waals surface area contributed by atoms with Gasteiger partial charge in [-0.1, -0.05) is 20.8 Å². The average molecular weight is 224 g/mol. The van der Waals surface area contributed by atoms with Gasteiger partial charge in [0.2, 0.25) is 0 Å². The van der Waals surface area contributed by atoms with E-state index in [1.165, 1.54) is 0 Å². The molecule has 4 heteroatoms. The molecule has 0 fully saturated rings. The van der Waals surface area contributed by atoms with E-state index in [9.17, 15) is 0 Å². The Hall–Kier alpha value is -0.900. The highest BCUT2D eigenvalue weighted by Crippen LogP contribution is 2.14. The third kappa shape index (κ3) is 4.31. The summed E-state index contributed by atoms with van der Waals surface area (Å²) in [6, 6.07) is 0. The molecule has 3 N–H and O–H groups in total. The summed E-state index contributed by atoms with van der Waals surface area (Å²) in [6.07, 6.45) is 4.11. The van der Waals surface area contributed by atoms with Crippen LogP contribution in [0.25, 0.3) is 0 Å². The zero-order chi connectivity index (χ0) is 12.0. The summed E-state index contributed by atoms with van der Waals surface area (Å²) in [7, 11) is 0. The van der Waals surface area contributed by atoms with Crippen LogP contribution in [0.5, 0.6) is 0 Å². The lowest BCUT2D eigenvalue weighted by Gasteiger charge is -2.15. The Kier molecular flexibility index (Phi) is 5.46. The Bertz CT molecular complexity index is 293. The van der Waals surface area contributed by atoms with Gasteiger partial charge in [0.25, 0.3) is 0 Å². The molecular formula is C12H24N4. The van der Waals surface area contributed by atoms with Crippen LogP contribution in [-0.2, 0) is 12.8 Å². The first-order valence-electron chi connectivity index (χ1n) is 6.25. The van der Waals surface area contributed by atoms with E-state index in [2.05, 4.69) is 36.0 Å². The first kappa shape index (κ1) is 13.2. The molecule has 1 rings (SSSR count). The van der Waals surface area contributed by atoms with E-state index < -0.39 is 0 Å². The van der Waals surface area contributed by atoms with E-state index in [1.54, 1.807) is 0 Å². The van der Waals surface area contributed by atoms with Crippen molar-refractivity contribution in [3.05, 3.63) is 11.6 Å². The number of nitrogens with two attached hydrogens (primary N) is 1. The number of aromatic nitrogens is 3. The largest absolute Gasteiger partial charge is 0.330 e. The number of hydrogen-bond acceptors (Lipinski definition) is 3. The molecule has 1 unspecified atom stereocenters. The number of H-pyrrole nitrogens is 1. The molecule has 0 aliphatic rings. The van der Waals surface area contributed by atoms with Gasteiger partial charge in [0.1, 0.15) is 5.82 Å². The Balaban J connectivity index is 2.49. The molecule has 1 heterocycles. The Labute approximate surface area is 98.0 Å². The van der Waals surface area contributed by atoms with Crippen LogP contribution in [0.3, 0.4) is 0 Å². The highest BCUT2D eigenvalue weighted by Gasteiger charge is 2.12. The fourth-order valence-electron chi connectivity index (χ4n) is 1.96. The van der Waals surface area contributed by atoms with Gasteiger partial charge in [-0.2, -0.15) is 5.10 Å². The first-order valence-corrected chi connectivity index (χ1v) is 6.25. The van der Waals surface area contributed by atoms with Crippen molar-refractivity contribution >= 4 is 0 Å². The Morgan fingerprint density at radius 3 is 2.69 bits per heavy atom. The summed E-state index contributed by atoms with van der Waals surface area (Å²) in [6.45, 7) is 7.32. The van der Waals surface area contributed by atoms with Crippen LogP contribution in [0.2, 0.25) is 0 Å². The van der Waals surface area contributed by atoms with Crippen LogP contribution in [0, 0.1) is 11.8 Å². The zero-order valence-corrected chi connectivity index (χ0v) is 10.7. The molecule has 4 nitrogen and oxygen atoms in total. The molecule has 1 aromatic heterocycles. The second kappa shape index (κ2) is 6.63. The van der Waals surface area contributed by atoms with Gasteiger partial charge in [-0.15, -0.1) is 0 Å². The number of nitrogens with zero attached hydrogens (tertiary/aromatic N) is 2. The third-order valence-electron chi connectivity index (χ3n) is 2.67. The van der Waals surface area contributed by atoms with Gasteiger partial charge in [-0.3, -0.25) is 5.10 Å². The molecule has 0 spiro atoms. The topological polar surface area (TPSA) is 67.6 Å². The highest BCUT2D eigenvalue weighted by molar-refractivity contribution is 4.92. The van der Waals surface area contributed by atoms with Crippen molar-refractivity contribution in [1.82, 2.24) is 15.2 Å². The van der Waals surface area contributed by atoms with Crippen molar-refractivity contribution in [2.24, 2.45) is 17.6 Å². The van der Waals surface area contributed by atoms with Gasteiger partial charge < -0.3 is 5.73 Å². The maximum absolute atomic E-state index is 5.77. The van der Waals surface area contributed by atoms with Crippen molar-refractivity contribution in [3.63, 3.8) is 0 Å². The minimum Gasteiger partial charge on any atom is -0.330 e. The van der Waals surface area contributed by atoms with Crippen molar-refractivity contribution in [2.75, 3.05) is 6.54 Å². The molecule has 0 saturated heterocycles. The molecule has 0 bridgehead atoms. The summed E-state index contributed by atoms with van der Waals surface area (Å²) in [5, 5.41) is 7.21. The van der Waals surface area contributed by atoms with Crippen LogP contribution in [0.15, 0.2) is 0 Å². The molecule has 0 saturated carbocycles. The van der Waals surface area contributed by atoms with Gasteiger partial charge in [0.15, 0.2) is 5.82 Å². The number of rotatable bonds is 7. The molecular weight excluding hydrogens is 200 g/mol. The predicted octanol–water partition coefficient (Wildman–Crippen LogP) is 1.92. The van der Waals surface area contributed by atoms with Crippen molar-refractivity contribution in [2.45, 2.75) is 46.5 Å². The quantitative estimate of drug-likeness (QED) is 0.743. The zero-order valence-electron chi connectivity index (χ0n) is 10.7. The average Bonchev–Trinajstić information content (AvgIpc) is 2.64. The van der Waals surface area contributed by atoms with Gasteiger partial charge in [-0.05, 0) is 31.2 Å². The van der Waals surface area contributed by atoms with Gasteiger partial charge in [0.05, 0.1) is 0 Å². The molecule has 16 heavy (non-hydrogen) atoms. The molecule has 0 aliphatic carbocycles. The summed E-state index contributed by atoms with van der Waals surface area (Å²) >= 11 is 0. The number of aromatic amines is 1. The first-order chi connectivity index (χ1) is 7.65. The standard InChI is InChI=1S/C12H24N4/c1-4-5-11-14-12(16-15-11)7-10(8-13)6-9(2)3/h9-10H,4-8,13H2,1-3H3,(H,14,15,16). The SMILES string of the molecule is CCCc1n[nH]c(CC(CN)CC(C)C)n1. The maximum atomic E-state index is 5.77. The van der Waals surface area contributed by atoms with E-state index in [1.807, 2.05) is 0 Å². The monoisotopic (exact) mass is 224 g/mol. The minimum atomic E-state index is 0.516. The molecule has 0 aliphatic heterocycles. The molecule has 1 atom stereocenters. The van der Waals surface area contributed by atoms with E-state index in [-0.39, 0.29) is 0 Å². The predicted molar refractivity (Wildman–Crippen MR) is 66.1 cm³/mol. The van der Waals surface area contributed by atoms with Crippen molar-refractivity contribution in [1.29, 1.82) is 0 Å². The summed E-state index contributed by atoms with van der Waals surface area (Å²) in [5.41, 5.74) is 5.77. The second-order valence-corrected chi connectivity index (χ2v) is 4.88. The molecule has 0 aromatic carbocycles. The lowest BCUT2D eigenvalue weighted by molar-refractivity contribution is 0.409. The number of hydrogen-bond donors (Lipinski definition) is 2. The molecule has 0 radical (unpaired) electrons. The Morgan fingerprint density at radius 2 is 2.12 bits per heavy atom. The maximum Gasteiger partial charge on any atom is 0.150 e. The van der Waals surface area contributed by atoms with Gasteiger partial charge >= 0.3 is 0 Å². The molecule has 0 amide bonds. The molecule has 92 valence electrons. The van der Waals surface area contributed by atoms with E-state index in [0.29, 0.717) is 11.8 Å². The normalized spacial score (nSPS) is 13.3. The highest BCUT2D eigenvalue weighted by atomic mass is 15.2. The van der Waals surface area contributed by atoms with Crippen LogP contribution < -0.4 is 5.73 Å². The lowest BCUT2D eigenvalue weighted by atomic mass is 9.94. The smallest absolute Gasteiger partial charge is 0.150 e. The van der Waals surface area contributed by atoms with E-state index in [0.717, 1.165) is 43.9 Å². The van der Waals surface area contributed by atoms with Crippen LogP contribution >= 0.6 is 0 Å². The van der Waals surface area contributed by atoms with E-state index >= 15 is 0 Å². The fraction of sp³-hybridized carbons (Fsp3) is 0.833. The van der Waals surface area contributed by atoms with E-state index in [4.69, 9.17) is 5.73 Å². The van der Waals surface area contributed by atoms with Crippen molar-refractivity contribution in [3.8, 4) is 0 Å². The van der Waals surface area contributed by atoms with Crippen molar-refractivity contribution < 1.29 is 0 Å². The minimum absolute atomic E-state index is 0.516. The summed E-state index contributed by atoms with van der Waals surface area (Å²) in [4.78, 5) is 4.47. The summed E-state index contributed by atoms with van der Waals surface area (Å²) in [5.74, 6) is 3.12. The summed E-state index contributed by atoms with van der Waals surface area (Å²) < 4.78 is 0. The number of aryl methyl sites for hydroxylation is 1. The van der Waals surface area contributed by atoms with Gasteiger partial charge in [0, 0.05) is 12.8 Å². The van der Waals surface area contributed by atoms with Crippen LogP contribution in [0.4, 0.5) is 0 Å². The third-order valence-corrected chi connectivity index (χ3v) is 2.67. The van der Waals surface area contributed by atoms with Crippen LogP contribution in [-0.4, -0.2) is 21.7 Å². The molecule has 1 aromatic rings. The number of nitrogens with one attached hydrogen (secondary N) is 1. The Morgan fingerprint density at radius 1 is 1.38 bits per heavy atom. The van der Waals surface area contributed by atoms with Gasteiger partial charge in [-0.25, -0.2) is 4.98 Å². The fourth-order valence-corrected chi connectivity index (χ4v) is 1.96. The lowest BCUT2D eigenvalue weighted by Crippen LogP contribution is -2.19. The second-order valence-electron chi connectivity index (χ2n) is 4.88.